The lowest BCUT2D eigenvalue weighted by Gasteiger charge is -2.32. The van der Waals surface area contributed by atoms with Gasteiger partial charge in [-0.05, 0) is 55.4 Å². The van der Waals surface area contributed by atoms with Crippen molar-refractivity contribution in [1.82, 2.24) is 15.3 Å². The Kier molecular flexibility index (Phi) is 6.85. The summed E-state index contributed by atoms with van der Waals surface area (Å²) in [6.07, 6.45) is 6.57. The molecule has 0 radical (unpaired) electrons. The average molecular weight is 382 g/mol. The van der Waals surface area contributed by atoms with Crippen LogP contribution in [0.4, 0.5) is 17.2 Å². The van der Waals surface area contributed by atoms with E-state index in [1.807, 2.05) is 0 Å². The van der Waals surface area contributed by atoms with Crippen molar-refractivity contribution >= 4 is 23.1 Å². The van der Waals surface area contributed by atoms with E-state index in [2.05, 4.69) is 70.5 Å². The first kappa shape index (κ1) is 20.1. The summed E-state index contributed by atoms with van der Waals surface area (Å²) in [7, 11) is 0. The number of piperidine rings is 1. The topological polar surface area (TPSA) is 70.2 Å². The lowest BCUT2D eigenvalue weighted by Crippen LogP contribution is -2.32. The zero-order valence-corrected chi connectivity index (χ0v) is 17.1. The SMILES string of the molecule is CC(C)CCNC(=O)c1cnc(Nc2ccc(N3CCC(C)CC3)cc2)cn1. The van der Waals surface area contributed by atoms with Gasteiger partial charge in [0.1, 0.15) is 11.5 Å². The summed E-state index contributed by atoms with van der Waals surface area (Å²) in [6.45, 7) is 9.49. The lowest BCUT2D eigenvalue weighted by molar-refractivity contribution is 0.0946. The number of carbonyl (C=O) groups is 1. The summed E-state index contributed by atoms with van der Waals surface area (Å²) in [5.41, 5.74) is 2.55. The molecule has 1 aromatic carbocycles. The Labute approximate surface area is 167 Å². The highest BCUT2D eigenvalue weighted by molar-refractivity contribution is 5.92. The first-order valence-electron chi connectivity index (χ1n) is 10.2. The van der Waals surface area contributed by atoms with Gasteiger partial charge in [0.15, 0.2) is 0 Å². The van der Waals surface area contributed by atoms with Crippen LogP contribution >= 0.6 is 0 Å². The van der Waals surface area contributed by atoms with Crippen molar-refractivity contribution in [3.63, 3.8) is 0 Å². The molecule has 0 bridgehead atoms. The van der Waals surface area contributed by atoms with E-state index in [-0.39, 0.29) is 5.91 Å². The van der Waals surface area contributed by atoms with Gasteiger partial charge < -0.3 is 15.5 Å². The Bertz CT molecular complexity index is 750. The number of anilines is 3. The summed E-state index contributed by atoms with van der Waals surface area (Å²) in [6, 6.07) is 8.40. The van der Waals surface area contributed by atoms with Crippen molar-refractivity contribution in [3.8, 4) is 0 Å². The van der Waals surface area contributed by atoms with Crippen LogP contribution in [0.3, 0.4) is 0 Å². The molecule has 2 aromatic rings. The normalized spacial score (nSPS) is 14.9. The van der Waals surface area contributed by atoms with E-state index >= 15 is 0 Å². The van der Waals surface area contributed by atoms with Crippen LogP contribution < -0.4 is 15.5 Å². The zero-order valence-electron chi connectivity index (χ0n) is 17.1. The highest BCUT2D eigenvalue weighted by Crippen LogP contribution is 2.25. The van der Waals surface area contributed by atoms with Crippen molar-refractivity contribution in [2.45, 2.75) is 40.0 Å². The number of nitrogens with one attached hydrogen (secondary N) is 2. The second-order valence-corrected chi connectivity index (χ2v) is 8.07. The van der Waals surface area contributed by atoms with Gasteiger partial charge in [0.05, 0.1) is 12.4 Å². The third-order valence-corrected chi connectivity index (χ3v) is 5.18. The molecule has 1 amide bonds. The molecule has 0 atom stereocenters. The summed E-state index contributed by atoms with van der Waals surface area (Å²) >= 11 is 0. The van der Waals surface area contributed by atoms with E-state index < -0.39 is 0 Å². The molecule has 1 aromatic heterocycles. The Hall–Kier alpha value is -2.63. The van der Waals surface area contributed by atoms with E-state index in [1.165, 1.54) is 24.7 Å². The monoisotopic (exact) mass is 381 g/mol. The van der Waals surface area contributed by atoms with Crippen LogP contribution in [0.15, 0.2) is 36.7 Å². The predicted octanol–water partition coefficient (Wildman–Crippen LogP) is 4.23. The number of benzene rings is 1. The van der Waals surface area contributed by atoms with E-state index in [0.29, 0.717) is 24.0 Å². The fourth-order valence-corrected chi connectivity index (χ4v) is 3.25. The molecule has 0 spiro atoms. The Morgan fingerprint density at radius 3 is 2.46 bits per heavy atom. The van der Waals surface area contributed by atoms with E-state index in [4.69, 9.17) is 0 Å². The van der Waals surface area contributed by atoms with Crippen molar-refractivity contribution in [2.75, 3.05) is 29.9 Å². The molecule has 1 saturated heterocycles. The number of hydrogen-bond donors (Lipinski definition) is 2. The maximum atomic E-state index is 12.1. The first-order valence-corrected chi connectivity index (χ1v) is 10.2. The molecule has 150 valence electrons. The third kappa shape index (κ3) is 5.68. The van der Waals surface area contributed by atoms with E-state index in [0.717, 1.165) is 31.1 Å². The minimum absolute atomic E-state index is 0.181. The van der Waals surface area contributed by atoms with Crippen LogP contribution in [0.1, 0.15) is 50.5 Å². The lowest BCUT2D eigenvalue weighted by atomic mass is 9.99. The molecule has 1 fully saturated rings. The standard InChI is InChI=1S/C22H31N5O/c1-16(2)8-11-23-22(28)20-14-25-21(15-24-20)26-18-4-6-19(7-5-18)27-12-9-17(3)10-13-27/h4-7,14-17H,8-13H2,1-3H3,(H,23,28)(H,25,26). The number of rotatable bonds is 7. The van der Waals surface area contributed by atoms with Gasteiger partial charge >= 0.3 is 0 Å². The number of amides is 1. The average Bonchev–Trinajstić information content (AvgIpc) is 2.69. The van der Waals surface area contributed by atoms with Crippen LogP contribution in [-0.4, -0.2) is 35.5 Å². The third-order valence-electron chi connectivity index (χ3n) is 5.18. The molecule has 28 heavy (non-hydrogen) atoms. The highest BCUT2D eigenvalue weighted by Gasteiger charge is 2.15. The summed E-state index contributed by atoms with van der Waals surface area (Å²) < 4.78 is 0. The molecule has 6 nitrogen and oxygen atoms in total. The van der Waals surface area contributed by atoms with Gasteiger partial charge in [-0.1, -0.05) is 20.8 Å². The Morgan fingerprint density at radius 2 is 1.86 bits per heavy atom. The molecule has 0 saturated carbocycles. The van der Waals surface area contributed by atoms with Gasteiger partial charge in [-0.2, -0.15) is 0 Å². The molecule has 2 N–H and O–H groups in total. The van der Waals surface area contributed by atoms with Gasteiger partial charge in [-0.25, -0.2) is 9.97 Å². The van der Waals surface area contributed by atoms with Gasteiger partial charge in [0.2, 0.25) is 0 Å². The fourth-order valence-electron chi connectivity index (χ4n) is 3.25. The van der Waals surface area contributed by atoms with Crippen molar-refractivity contribution in [1.29, 1.82) is 0 Å². The predicted molar refractivity (Wildman–Crippen MR) is 114 cm³/mol. The second-order valence-electron chi connectivity index (χ2n) is 8.07. The largest absolute Gasteiger partial charge is 0.372 e. The highest BCUT2D eigenvalue weighted by atomic mass is 16.1. The molecule has 6 heteroatoms. The van der Waals surface area contributed by atoms with Crippen molar-refractivity contribution in [3.05, 3.63) is 42.4 Å². The number of aromatic nitrogens is 2. The second kappa shape index (κ2) is 9.53. The number of carbonyl (C=O) groups excluding carboxylic acids is 1. The summed E-state index contributed by atoms with van der Waals surface area (Å²) in [5, 5.41) is 6.11. The van der Waals surface area contributed by atoms with E-state index in [9.17, 15) is 4.79 Å². The van der Waals surface area contributed by atoms with Crippen LogP contribution in [0.5, 0.6) is 0 Å². The molecule has 0 aliphatic carbocycles. The maximum Gasteiger partial charge on any atom is 0.271 e. The quantitative estimate of drug-likeness (QED) is 0.751. The molecule has 2 heterocycles. The fraction of sp³-hybridized carbons (Fsp3) is 0.500. The van der Waals surface area contributed by atoms with Crippen LogP contribution in [0, 0.1) is 11.8 Å². The molecular weight excluding hydrogens is 350 g/mol. The number of hydrogen-bond acceptors (Lipinski definition) is 5. The molecular formula is C22H31N5O. The maximum absolute atomic E-state index is 12.1. The van der Waals surface area contributed by atoms with Crippen LogP contribution in [0.25, 0.3) is 0 Å². The van der Waals surface area contributed by atoms with Crippen molar-refractivity contribution in [2.24, 2.45) is 11.8 Å². The summed E-state index contributed by atoms with van der Waals surface area (Å²) in [4.78, 5) is 23.0. The molecule has 1 aliphatic rings. The Balaban J connectivity index is 1.53. The van der Waals surface area contributed by atoms with Gasteiger partial charge in [-0.15, -0.1) is 0 Å². The van der Waals surface area contributed by atoms with Crippen LogP contribution in [0.2, 0.25) is 0 Å². The Morgan fingerprint density at radius 1 is 1.14 bits per heavy atom. The van der Waals surface area contributed by atoms with E-state index in [1.54, 1.807) is 6.20 Å². The number of nitrogens with zero attached hydrogens (tertiary/aromatic N) is 3. The van der Waals surface area contributed by atoms with Crippen molar-refractivity contribution < 1.29 is 4.79 Å². The molecule has 1 aliphatic heterocycles. The van der Waals surface area contributed by atoms with Gasteiger partial charge in [-0.3, -0.25) is 4.79 Å². The first-order chi connectivity index (χ1) is 13.5. The molecule has 0 unspecified atom stereocenters. The minimum atomic E-state index is -0.181. The van der Waals surface area contributed by atoms with Gasteiger partial charge in [0, 0.05) is 31.0 Å². The van der Waals surface area contributed by atoms with Gasteiger partial charge in [0.25, 0.3) is 5.91 Å². The van der Waals surface area contributed by atoms with Crippen LogP contribution in [-0.2, 0) is 0 Å². The minimum Gasteiger partial charge on any atom is -0.372 e. The smallest absolute Gasteiger partial charge is 0.271 e. The summed E-state index contributed by atoms with van der Waals surface area (Å²) in [5.74, 6) is 1.83. The zero-order chi connectivity index (χ0) is 19.9. The molecule has 3 rings (SSSR count).